The van der Waals surface area contributed by atoms with Gasteiger partial charge in [0.25, 0.3) is 5.91 Å². The van der Waals surface area contributed by atoms with E-state index in [9.17, 15) is 18.3 Å². The lowest BCUT2D eigenvalue weighted by Gasteiger charge is -2.20. The molecule has 0 unspecified atom stereocenters. The van der Waals surface area contributed by atoms with Crippen LogP contribution in [-0.2, 0) is 23.2 Å². The number of hydrogen-bond donors (Lipinski definition) is 3. The second-order valence-electron chi connectivity index (χ2n) is 11.3. The first-order valence-corrected chi connectivity index (χ1v) is 16.6. The molecule has 1 aliphatic carbocycles. The van der Waals surface area contributed by atoms with Crippen molar-refractivity contribution in [2.45, 2.75) is 31.9 Å². The Morgan fingerprint density at radius 1 is 1.02 bits per heavy atom. The summed E-state index contributed by atoms with van der Waals surface area (Å²) in [6, 6.07) is 29.0. The number of nitrogens with zero attached hydrogens (tertiary/aromatic N) is 3. The maximum absolute atomic E-state index is 12.8. The Balaban J connectivity index is 1.26. The summed E-state index contributed by atoms with van der Waals surface area (Å²) in [5.74, 6) is 0.409. The molecule has 1 aromatic heterocycles. The van der Waals surface area contributed by atoms with E-state index in [1.54, 1.807) is 0 Å². The van der Waals surface area contributed by atoms with Crippen molar-refractivity contribution in [2.24, 2.45) is 5.73 Å². The van der Waals surface area contributed by atoms with Gasteiger partial charge in [-0.3, -0.25) is 4.79 Å². The third-order valence-corrected chi connectivity index (χ3v) is 9.08. The molecule has 232 valence electrons. The van der Waals surface area contributed by atoms with E-state index < -0.39 is 15.9 Å². The monoisotopic (exact) mass is 625 g/mol. The van der Waals surface area contributed by atoms with Crippen LogP contribution < -0.4 is 15.8 Å². The largest absolute Gasteiger partial charge is 0.489 e. The number of carbonyl (C=O) groups excluding carboxylic acids is 1. The molecule has 0 saturated heterocycles. The van der Waals surface area contributed by atoms with Crippen molar-refractivity contribution in [2.75, 3.05) is 24.7 Å². The van der Waals surface area contributed by atoms with Gasteiger partial charge >= 0.3 is 0 Å². The summed E-state index contributed by atoms with van der Waals surface area (Å²) in [5, 5.41) is 18.2. The number of fused-ring (bicyclic) bond motifs is 1. The van der Waals surface area contributed by atoms with Gasteiger partial charge in [-0.2, -0.15) is 9.40 Å². The standard InChI is InChI=1S/C34H35N5O5S/c1-45(42,43)38(16-17-40)21-25-18-32-31(20-30(25)24-10-11-24)33(34(35)41)39(37-32)28-14-12-26(13-15-28)36-27-8-5-9-29(19-27)44-22-23-6-3-2-4-7-23/h2-9,12-15,18-20,24,36,40H,10-11,16-17,21-22H2,1H3,(H2,35,41). The predicted octanol–water partition coefficient (Wildman–Crippen LogP) is 5.08. The van der Waals surface area contributed by atoms with Crippen molar-refractivity contribution in [1.29, 1.82) is 0 Å². The fourth-order valence-corrected chi connectivity index (χ4v) is 6.24. The summed E-state index contributed by atoms with van der Waals surface area (Å²) in [4.78, 5) is 12.8. The molecule has 1 aliphatic rings. The highest BCUT2D eigenvalue weighted by Gasteiger charge is 2.30. The number of nitrogens with two attached hydrogens (primary N) is 1. The minimum absolute atomic E-state index is 0.00660. The lowest BCUT2D eigenvalue weighted by atomic mass is 9.99. The number of aliphatic hydroxyl groups excluding tert-OH is 1. The van der Waals surface area contributed by atoms with Crippen LogP contribution in [-0.4, -0.2) is 52.9 Å². The second kappa shape index (κ2) is 12.7. The van der Waals surface area contributed by atoms with E-state index >= 15 is 0 Å². The molecule has 11 heteroatoms. The molecule has 0 spiro atoms. The fraction of sp³-hybridized carbons (Fsp3) is 0.235. The number of nitrogens with one attached hydrogen (secondary N) is 1. The van der Waals surface area contributed by atoms with E-state index in [2.05, 4.69) is 5.32 Å². The molecular weight excluding hydrogens is 590 g/mol. The number of aliphatic hydroxyl groups is 1. The van der Waals surface area contributed by atoms with Crippen molar-refractivity contribution < 1.29 is 23.1 Å². The molecule has 1 saturated carbocycles. The Labute approximate surface area is 262 Å². The third kappa shape index (κ3) is 7.01. The molecule has 4 N–H and O–H groups in total. The highest BCUT2D eigenvalue weighted by molar-refractivity contribution is 7.88. The third-order valence-electron chi connectivity index (χ3n) is 7.83. The van der Waals surface area contributed by atoms with Crippen LogP contribution in [0.5, 0.6) is 5.75 Å². The van der Waals surface area contributed by atoms with Crippen LogP contribution in [0.3, 0.4) is 0 Å². The summed E-state index contributed by atoms with van der Waals surface area (Å²) in [6.07, 6.45) is 3.09. The molecule has 1 fully saturated rings. The number of ether oxygens (including phenoxy) is 1. The van der Waals surface area contributed by atoms with Gasteiger partial charge < -0.3 is 20.9 Å². The van der Waals surface area contributed by atoms with Crippen molar-refractivity contribution in [1.82, 2.24) is 14.1 Å². The van der Waals surface area contributed by atoms with Gasteiger partial charge in [0.15, 0.2) is 0 Å². The Morgan fingerprint density at radius 3 is 2.44 bits per heavy atom. The average Bonchev–Trinajstić information content (AvgIpc) is 3.80. The SMILES string of the molecule is CS(=O)(=O)N(CCO)Cc1cc2nn(-c3ccc(Nc4cccc(OCc5ccccc5)c4)cc3)c(C(N)=O)c2cc1C1CC1. The molecule has 1 heterocycles. The predicted molar refractivity (Wildman–Crippen MR) is 174 cm³/mol. The molecule has 1 amide bonds. The van der Waals surface area contributed by atoms with Gasteiger partial charge in [-0.25, -0.2) is 13.1 Å². The molecule has 0 atom stereocenters. The summed E-state index contributed by atoms with van der Waals surface area (Å²) < 4.78 is 33.5. The molecule has 0 bridgehead atoms. The molecule has 5 aromatic rings. The topological polar surface area (TPSA) is 140 Å². The molecule has 0 aliphatic heterocycles. The van der Waals surface area contributed by atoms with Crippen LogP contribution in [0.2, 0.25) is 0 Å². The first-order valence-electron chi connectivity index (χ1n) is 14.7. The molecule has 0 radical (unpaired) electrons. The summed E-state index contributed by atoms with van der Waals surface area (Å²) >= 11 is 0. The number of carbonyl (C=O) groups is 1. The zero-order valence-electron chi connectivity index (χ0n) is 24.9. The molecule has 45 heavy (non-hydrogen) atoms. The van der Waals surface area contributed by atoms with Crippen molar-refractivity contribution in [3.05, 3.63) is 113 Å². The normalized spacial score (nSPS) is 13.3. The Bertz CT molecular complexity index is 1940. The van der Waals surface area contributed by atoms with E-state index in [4.69, 9.17) is 15.6 Å². The van der Waals surface area contributed by atoms with Crippen molar-refractivity contribution >= 4 is 38.2 Å². The van der Waals surface area contributed by atoms with Gasteiger partial charge in [-0.1, -0.05) is 36.4 Å². The number of primary amides is 1. The van der Waals surface area contributed by atoms with Gasteiger partial charge in [-0.05, 0) is 84.0 Å². The Kier molecular flexibility index (Phi) is 8.57. The number of hydrogen-bond acceptors (Lipinski definition) is 7. The molecule has 6 rings (SSSR count). The lowest BCUT2D eigenvalue weighted by Crippen LogP contribution is -2.32. The van der Waals surface area contributed by atoms with Gasteiger partial charge in [0.2, 0.25) is 10.0 Å². The highest BCUT2D eigenvalue weighted by atomic mass is 32.2. The summed E-state index contributed by atoms with van der Waals surface area (Å²) in [7, 11) is -3.54. The second-order valence-corrected chi connectivity index (χ2v) is 13.2. The number of anilines is 2. The zero-order chi connectivity index (χ0) is 31.6. The van der Waals surface area contributed by atoms with E-state index in [-0.39, 0.29) is 31.3 Å². The Morgan fingerprint density at radius 2 is 1.78 bits per heavy atom. The number of aromatic nitrogens is 2. The fourth-order valence-electron chi connectivity index (χ4n) is 5.45. The number of amides is 1. The minimum atomic E-state index is -3.54. The molecule has 10 nitrogen and oxygen atoms in total. The van der Waals surface area contributed by atoms with Crippen LogP contribution >= 0.6 is 0 Å². The average molecular weight is 626 g/mol. The van der Waals surface area contributed by atoms with Gasteiger partial charge in [-0.15, -0.1) is 0 Å². The maximum Gasteiger partial charge on any atom is 0.268 e. The van der Waals surface area contributed by atoms with Gasteiger partial charge in [0.05, 0.1) is 24.1 Å². The quantitative estimate of drug-likeness (QED) is 0.166. The van der Waals surface area contributed by atoms with E-state index in [1.165, 1.54) is 8.99 Å². The van der Waals surface area contributed by atoms with Crippen molar-refractivity contribution in [3.63, 3.8) is 0 Å². The smallest absolute Gasteiger partial charge is 0.268 e. The van der Waals surface area contributed by atoms with Crippen LogP contribution in [0.15, 0.2) is 91.0 Å². The zero-order valence-corrected chi connectivity index (χ0v) is 25.7. The number of rotatable bonds is 13. The summed E-state index contributed by atoms with van der Waals surface area (Å²) in [5.41, 5.74) is 11.9. The van der Waals surface area contributed by atoms with Crippen LogP contribution in [0.25, 0.3) is 16.6 Å². The lowest BCUT2D eigenvalue weighted by molar-refractivity contribution is 0.0994. The van der Waals surface area contributed by atoms with Crippen LogP contribution in [0.1, 0.15) is 45.9 Å². The van der Waals surface area contributed by atoms with Crippen LogP contribution in [0, 0.1) is 0 Å². The van der Waals surface area contributed by atoms with E-state index in [0.717, 1.165) is 52.9 Å². The Hall–Kier alpha value is -4.71. The first-order chi connectivity index (χ1) is 21.7. The van der Waals surface area contributed by atoms with Gasteiger partial charge in [0.1, 0.15) is 18.1 Å². The number of sulfonamides is 1. The first kappa shape index (κ1) is 30.3. The molecule has 4 aromatic carbocycles. The van der Waals surface area contributed by atoms with E-state index in [1.807, 2.05) is 91.0 Å². The van der Waals surface area contributed by atoms with Crippen LogP contribution in [0.4, 0.5) is 11.4 Å². The number of benzene rings is 4. The van der Waals surface area contributed by atoms with E-state index in [0.29, 0.717) is 23.2 Å². The van der Waals surface area contributed by atoms with Crippen molar-refractivity contribution in [3.8, 4) is 11.4 Å². The highest BCUT2D eigenvalue weighted by Crippen LogP contribution is 2.44. The molecular formula is C34H35N5O5S. The van der Waals surface area contributed by atoms with Gasteiger partial charge in [0, 0.05) is 35.9 Å². The summed E-state index contributed by atoms with van der Waals surface area (Å²) in [6.45, 7) is 0.292. The maximum atomic E-state index is 12.8. The minimum Gasteiger partial charge on any atom is -0.489 e.